The molecule has 0 aliphatic rings. The van der Waals surface area contributed by atoms with Gasteiger partial charge < -0.3 is 15.4 Å². The van der Waals surface area contributed by atoms with E-state index in [1.54, 1.807) is 6.20 Å². The van der Waals surface area contributed by atoms with E-state index in [0.717, 1.165) is 51.6 Å². The van der Waals surface area contributed by atoms with E-state index in [0.29, 0.717) is 6.54 Å². The molecule has 2 aromatic rings. The maximum Gasteiger partial charge on any atom is 0.191 e. The predicted octanol–water partition coefficient (Wildman–Crippen LogP) is 2.80. The Bertz CT molecular complexity index is 639. The summed E-state index contributed by atoms with van der Waals surface area (Å²) in [6.45, 7) is 8.91. The van der Waals surface area contributed by atoms with Gasteiger partial charge in [0.15, 0.2) is 5.96 Å². The third kappa shape index (κ3) is 7.70. The Labute approximate surface area is 156 Å². The van der Waals surface area contributed by atoms with E-state index in [4.69, 9.17) is 9.73 Å². The molecule has 26 heavy (non-hydrogen) atoms. The number of nitrogens with zero attached hydrogens (tertiary/aromatic N) is 3. The summed E-state index contributed by atoms with van der Waals surface area (Å²) in [7, 11) is 0. The van der Waals surface area contributed by atoms with Crippen LogP contribution in [0.4, 0.5) is 0 Å². The lowest BCUT2D eigenvalue weighted by Crippen LogP contribution is -2.37. The van der Waals surface area contributed by atoms with Crippen molar-refractivity contribution >= 4 is 5.96 Å². The van der Waals surface area contributed by atoms with Crippen molar-refractivity contribution < 1.29 is 4.74 Å². The Morgan fingerprint density at radius 2 is 2.04 bits per heavy atom. The first-order chi connectivity index (χ1) is 12.8. The quantitative estimate of drug-likeness (QED) is 0.369. The third-order valence-corrected chi connectivity index (χ3v) is 3.87. The highest BCUT2D eigenvalue weighted by Crippen LogP contribution is 2.08. The largest absolute Gasteiger partial charge is 0.382 e. The number of hydrogen-bond acceptors (Lipinski definition) is 3. The van der Waals surface area contributed by atoms with E-state index in [1.807, 2.05) is 23.9 Å². The molecule has 0 spiro atoms. The molecule has 0 aliphatic carbocycles. The predicted molar refractivity (Wildman–Crippen MR) is 106 cm³/mol. The van der Waals surface area contributed by atoms with Gasteiger partial charge >= 0.3 is 0 Å². The first-order valence-electron chi connectivity index (χ1n) is 9.47. The minimum Gasteiger partial charge on any atom is -0.382 e. The second-order valence-electron chi connectivity index (χ2n) is 6.05. The minimum atomic E-state index is 0.654. The van der Waals surface area contributed by atoms with Crippen molar-refractivity contribution in [3.63, 3.8) is 0 Å². The summed E-state index contributed by atoms with van der Waals surface area (Å²) in [5, 5.41) is 10.9. The zero-order valence-electron chi connectivity index (χ0n) is 15.9. The fraction of sp³-hybridized carbons (Fsp3) is 0.500. The standard InChI is InChI=1S/C20H31N5O/c1-3-21-20(22-11-5-6-14-26-4-2)23-16-18-9-7-10-19(15-18)17-25-13-8-12-24-25/h7-10,12-13,15H,3-6,11,14,16-17H2,1-2H3,(H2,21,22,23). The molecule has 0 saturated heterocycles. The first kappa shape index (κ1) is 20.0. The van der Waals surface area contributed by atoms with E-state index in [-0.39, 0.29) is 0 Å². The second-order valence-corrected chi connectivity index (χ2v) is 6.05. The van der Waals surface area contributed by atoms with E-state index in [9.17, 15) is 0 Å². The lowest BCUT2D eigenvalue weighted by Gasteiger charge is -2.11. The molecule has 2 N–H and O–H groups in total. The number of nitrogens with one attached hydrogen (secondary N) is 2. The highest BCUT2D eigenvalue weighted by atomic mass is 16.5. The normalized spacial score (nSPS) is 11.5. The molecule has 1 aromatic heterocycles. The Hall–Kier alpha value is -2.34. The Morgan fingerprint density at radius 1 is 1.15 bits per heavy atom. The second kappa shape index (κ2) is 12.1. The molecular formula is C20H31N5O. The number of unbranched alkanes of at least 4 members (excludes halogenated alkanes) is 1. The summed E-state index contributed by atoms with van der Waals surface area (Å²) >= 11 is 0. The zero-order chi connectivity index (χ0) is 18.5. The number of guanidine groups is 1. The maximum atomic E-state index is 5.36. The number of ether oxygens (including phenoxy) is 1. The van der Waals surface area contributed by atoms with Crippen LogP contribution < -0.4 is 10.6 Å². The fourth-order valence-corrected chi connectivity index (χ4v) is 2.60. The van der Waals surface area contributed by atoms with Crippen LogP contribution in [0.15, 0.2) is 47.7 Å². The van der Waals surface area contributed by atoms with Crippen molar-refractivity contribution in [3.05, 3.63) is 53.9 Å². The minimum absolute atomic E-state index is 0.654. The molecule has 0 amide bonds. The molecule has 2 rings (SSSR count). The van der Waals surface area contributed by atoms with Crippen molar-refractivity contribution in [2.75, 3.05) is 26.3 Å². The van der Waals surface area contributed by atoms with Gasteiger partial charge in [-0.15, -0.1) is 0 Å². The van der Waals surface area contributed by atoms with Crippen LogP contribution in [-0.2, 0) is 17.8 Å². The van der Waals surface area contributed by atoms with Gasteiger partial charge in [0.1, 0.15) is 0 Å². The van der Waals surface area contributed by atoms with Gasteiger partial charge in [0.25, 0.3) is 0 Å². The number of hydrogen-bond donors (Lipinski definition) is 2. The van der Waals surface area contributed by atoms with Crippen LogP contribution in [-0.4, -0.2) is 42.0 Å². The van der Waals surface area contributed by atoms with Gasteiger partial charge in [0, 0.05) is 38.7 Å². The summed E-state index contributed by atoms with van der Waals surface area (Å²) in [4.78, 5) is 4.70. The van der Waals surface area contributed by atoms with Crippen LogP contribution in [0.5, 0.6) is 0 Å². The van der Waals surface area contributed by atoms with Crippen LogP contribution in [0.1, 0.15) is 37.8 Å². The van der Waals surface area contributed by atoms with E-state index in [2.05, 4.69) is 46.9 Å². The molecule has 6 nitrogen and oxygen atoms in total. The van der Waals surface area contributed by atoms with Gasteiger partial charge in [0.05, 0.1) is 13.1 Å². The molecular weight excluding hydrogens is 326 g/mol. The van der Waals surface area contributed by atoms with Crippen molar-refractivity contribution in [2.45, 2.75) is 39.8 Å². The van der Waals surface area contributed by atoms with Crippen molar-refractivity contribution in [3.8, 4) is 0 Å². The van der Waals surface area contributed by atoms with Crippen LogP contribution >= 0.6 is 0 Å². The molecule has 0 aliphatic heterocycles. The van der Waals surface area contributed by atoms with Gasteiger partial charge in [-0.05, 0) is 43.9 Å². The molecule has 0 bridgehead atoms. The lowest BCUT2D eigenvalue weighted by atomic mass is 10.1. The molecule has 0 saturated carbocycles. The molecule has 142 valence electrons. The average molecular weight is 358 g/mol. The Morgan fingerprint density at radius 3 is 2.81 bits per heavy atom. The lowest BCUT2D eigenvalue weighted by molar-refractivity contribution is 0.143. The van der Waals surface area contributed by atoms with Gasteiger partial charge in [-0.2, -0.15) is 5.10 Å². The molecule has 0 radical (unpaired) electrons. The van der Waals surface area contributed by atoms with E-state index < -0.39 is 0 Å². The zero-order valence-corrected chi connectivity index (χ0v) is 15.9. The highest BCUT2D eigenvalue weighted by molar-refractivity contribution is 5.79. The van der Waals surface area contributed by atoms with Crippen molar-refractivity contribution in [1.29, 1.82) is 0 Å². The monoisotopic (exact) mass is 357 g/mol. The Balaban J connectivity index is 1.83. The van der Waals surface area contributed by atoms with E-state index >= 15 is 0 Å². The molecule has 0 atom stereocenters. The summed E-state index contributed by atoms with van der Waals surface area (Å²) < 4.78 is 7.29. The highest BCUT2D eigenvalue weighted by Gasteiger charge is 2.00. The van der Waals surface area contributed by atoms with Gasteiger partial charge in [-0.3, -0.25) is 4.68 Å². The SMILES string of the molecule is CCNC(=NCc1cccc(Cn2cccn2)c1)NCCCCOCC. The van der Waals surface area contributed by atoms with Gasteiger partial charge in [0.2, 0.25) is 0 Å². The number of benzene rings is 1. The first-order valence-corrected chi connectivity index (χ1v) is 9.47. The smallest absolute Gasteiger partial charge is 0.191 e. The van der Waals surface area contributed by atoms with Crippen LogP contribution in [0.2, 0.25) is 0 Å². The summed E-state index contributed by atoms with van der Waals surface area (Å²) in [6.07, 6.45) is 5.92. The summed E-state index contributed by atoms with van der Waals surface area (Å²) in [5.41, 5.74) is 2.43. The number of rotatable bonds is 11. The van der Waals surface area contributed by atoms with Gasteiger partial charge in [-0.25, -0.2) is 4.99 Å². The van der Waals surface area contributed by atoms with Crippen molar-refractivity contribution in [2.24, 2.45) is 4.99 Å². The topological polar surface area (TPSA) is 63.5 Å². The molecule has 0 unspecified atom stereocenters. The molecule has 6 heteroatoms. The van der Waals surface area contributed by atoms with Crippen molar-refractivity contribution in [1.82, 2.24) is 20.4 Å². The molecule has 1 heterocycles. The fourth-order valence-electron chi connectivity index (χ4n) is 2.60. The van der Waals surface area contributed by atoms with E-state index in [1.165, 1.54) is 11.1 Å². The average Bonchev–Trinajstić information content (AvgIpc) is 3.16. The number of aromatic nitrogens is 2. The van der Waals surface area contributed by atoms with Gasteiger partial charge in [-0.1, -0.05) is 24.3 Å². The van der Waals surface area contributed by atoms with Crippen LogP contribution in [0, 0.1) is 0 Å². The third-order valence-electron chi connectivity index (χ3n) is 3.87. The molecule has 1 aromatic carbocycles. The Kier molecular flexibility index (Phi) is 9.29. The van der Waals surface area contributed by atoms with Crippen LogP contribution in [0.3, 0.4) is 0 Å². The maximum absolute atomic E-state index is 5.36. The summed E-state index contributed by atoms with van der Waals surface area (Å²) in [5.74, 6) is 0.862. The number of aliphatic imine (C=N–C) groups is 1. The summed E-state index contributed by atoms with van der Waals surface area (Å²) in [6, 6.07) is 10.4. The van der Waals surface area contributed by atoms with Crippen LogP contribution in [0.25, 0.3) is 0 Å². The molecule has 0 fully saturated rings.